The highest BCUT2D eigenvalue weighted by molar-refractivity contribution is 7.13. The number of amides is 1. The molecule has 0 saturated carbocycles. The fourth-order valence-electron chi connectivity index (χ4n) is 2.28. The second-order valence-electron chi connectivity index (χ2n) is 4.92. The van der Waals surface area contributed by atoms with Crippen molar-refractivity contribution in [1.29, 1.82) is 0 Å². The zero-order valence-electron chi connectivity index (χ0n) is 11.0. The van der Waals surface area contributed by atoms with E-state index in [0.717, 1.165) is 29.4 Å². The van der Waals surface area contributed by atoms with E-state index >= 15 is 0 Å². The lowest BCUT2D eigenvalue weighted by atomic mass is 10.3. The van der Waals surface area contributed by atoms with E-state index in [0.29, 0.717) is 13.0 Å². The van der Waals surface area contributed by atoms with Gasteiger partial charge >= 0.3 is 0 Å². The molecule has 1 aliphatic rings. The lowest BCUT2D eigenvalue weighted by molar-refractivity contribution is -0.129. The average Bonchev–Trinajstić information content (AvgIpc) is 3.09. The summed E-state index contributed by atoms with van der Waals surface area (Å²) < 4.78 is 0. The first kappa shape index (κ1) is 13.2. The summed E-state index contributed by atoms with van der Waals surface area (Å²) in [5, 5.41) is 2.78. The van der Waals surface area contributed by atoms with Crippen LogP contribution in [0.15, 0.2) is 29.8 Å². The Labute approximate surface area is 121 Å². The summed E-state index contributed by atoms with van der Waals surface area (Å²) in [4.78, 5) is 22.7. The summed E-state index contributed by atoms with van der Waals surface area (Å²) in [6.07, 6.45) is 2.98. The molecule has 2 aromatic heterocycles. The second kappa shape index (κ2) is 5.68. The number of likely N-dealkylation sites (tertiary alicyclic amines) is 1. The van der Waals surface area contributed by atoms with E-state index in [9.17, 15) is 4.79 Å². The van der Waals surface area contributed by atoms with Crippen LogP contribution in [0.1, 0.15) is 12.1 Å². The number of hydrogen-bond donors (Lipinski definition) is 1. The van der Waals surface area contributed by atoms with E-state index in [1.807, 2.05) is 28.5 Å². The molecule has 1 amide bonds. The Morgan fingerprint density at radius 2 is 2.40 bits per heavy atom. The molecule has 0 aromatic carbocycles. The van der Waals surface area contributed by atoms with Gasteiger partial charge in [-0.25, -0.2) is 4.98 Å². The van der Waals surface area contributed by atoms with Gasteiger partial charge in [0.25, 0.3) is 0 Å². The van der Waals surface area contributed by atoms with Gasteiger partial charge in [-0.15, -0.1) is 11.3 Å². The molecule has 1 atom stereocenters. The molecule has 1 saturated heterocycles. The van der Waals surface area contributed by atoms with Crippen molar-refractivity contribution >= 4 is 17.2 Å². The highest BCUT2D eigenvalue weighted by Gasteiger charge is 2.24. The van der Waals surface area contributed by atoms with E-state index in [-0.39, 0.29) is 11.9 Å². The van der Waals surface area contributed by atoms with Crippen molar-refractivity contribution in [3.8, 4) is 10.7 Å². The molecule has 2 N–H and O–H groups in total. The minimum Gasteiger partial charge on any atom is -0.341 e. The van der Waals surface area contributed by atoms with E-state index in [1.165, 1.54) is 11.3 Å². The molecule has 5 nitrogen and oxygen atoms in total. The molecule has 2 aromatic rings. The van der Waals surface area contributed by atoms with Crippen molar-refractivity contribution in [2.75, 3.05) is 13.1 Å². The number of thiazole rings is 1. The SMILES string of the molecule is N[C@@H]1CCN(C(=O)Cc2csc(-c3ccccn3)n2)C1. The monoisotopic (exact) mass is 288 g/mol. The molecule has 0 spiro atoms. The molecule has 104 valence electrons. The van der Waals surface area contributed by atoms with Gasteiger partial charge in [-0.3, -0.25) is 9.78 Å². The highest BCUT2D eigenvalue weighted by Crippen LogP contribution is 2.22. The average molecular weight is 288 g/mol. The Morgan fingerprint density at radius 3 is 3.10 bits per heavy atom. The third-order valence-corrected chi connectivity index (χ3v) is 4.26. The molecule has 20 heavy (non-hydrogen) atoms. The molecule has 0 radical (unpaired) electrons. The fraction of sp³-hybridized carbons (Fsp3) is 0.357. The molecule has 0 aliphatic carbocycles. The van der Waals surface area contributed by atoms with Crippen molar-refractivity contribution in [2.45, 2.75) is 18.9 Å². The fourth-order valence-corrected chi connectivity index (χ4v) is 3.07. The van der Waals surface area contributed by atoms with Crippen LogP contribution in [0.2, 0.25) is 0 Å². The Hall–Kier alpha value is -1.79. The van der Waals surface area contributed by atoms with Gasteiger partial charge in [0.2, 0.25) is 5.91 Å². The number of aromatic nitrogens is 2. The standard InChI is InChI=1S/C14H16N4OS/c15-10-4-6-18(8-10)13(19)7-11-9-20-14(17-11)12-3-1-2-5-16-12/h1-3,5,9-10H,4,6-8,15H2/t10-/m1/s1. The van der Waals surface area contributed by atoms with Crippen LogP contribution >= 0.6 is 11.3 Å². The Morgan fingerprint density at radius 1 is 1.50 bits per heavy atom. The summed E-state index contributed by atoms with van der Waals surface area (Å²) in [5.41, 5.74) is 7.47. The number of carbonyl (C=O) groups excluding carboxylic acids is 1. The highest BCUT2D eigenvalue weighted by atomic mass is 32.1. The van der Waals surface area contributed by atoms with E-state index in [2.05, 4.69) is 9.97 Å². The van der Waals surface area contributed by atoms with Crippen LogP contribution in [0.3, 0.4) is 0 Å². The van der Waals surface area contributed by atoms with E-state index in [1.54, 1.807) is 6.20 Å². The van der Waals surface area contributed by atoms with Gasteiger partial charge < -0.3 is 10.6 Å². The molecular weight excluding hydrogens is 272 g/mol. The maximum absolute atomic E-state index is 12.1. The van der Waals surface area contributed by atoms with Gasteiger partial charge in [-0.2, -0.15) is 0 Å². The molecular formula is C14H16N4OS. The van der Waals surface area contributed by atoms with Gasteiger partial charge in [0.15, 0.2) is 0 Å². The number of rotatable bonds is 3. The number of nitrogens with zero attached hydrogens (tertiary/aromatic N) is 3. The van der Waals surface area contributed by atoms with Crippen molar-refractivity contribution < 1.29 is 4.79 Å². The van der Waals surface area contributed by atoms with Gasteiger partial charge in [0.05, 0.1) is 17.8 Å². The van der Waals surface area contributed by atoms with Crippen LogP contribution in [-0.2, 0) is 11.2 Å². The van der Waals surface area contributed by atoms with Crippen LogP contribution < -0.4 is 5.73 Å². The second-order valence-corrected chi connectivity index (χ2v) is 5.78. The first-order valence-electron chi connectivity index (χ1n) is 6.61. The lowest BCUT2D eigenvalue weighted by Gasteiger charge is -2.14. The first-order chi connectivity index (χ1) is 9.72. The van der Waals surface area contributed by atoms with Crippen LogP contribution in [-0.4, -0.2) is 39.9 Å². The predicted molar refractivity (Wildman–Crippen MR) is 78.2 cm³/mol. The number of nitrogens with two attached hydrogens (primary N) is 1. The molecule has 0 unspecified atom stereocenters. The largest absolute Gasteiger partial charge is 0.341 e. The topological polar surface area (TPSA) is 72.1 Å². The van der Waals surface area contributed by atoms with Gasteiger partial charge in [-0.05, 0) is 18.6 Å². The van der Waals surface area contributed by atoms with Crippen LogP contribution in [0.25, 0.3) is 10.7 Å². The molecule has 6 heteroatoms. The van der Waals surface area contributed by atoms with Crippen LogP contribution in [0, 0.1) is 0 Å². The Balaban J connectivity index is 1.67. The predicted octanol–water partition coefficient (Wildman–Crippen LogP) is 1.31. The van der Waals surface area contributed by atoms with Crippen molar-refractivity contribution in [1.82, 2.24) is 14.9 Å². The Kier molecular flexibility index (Phi) is 3.75. The van der Waals surface area contributed by atoms with Crippen molar-refractivity contribution in [3.05, 3.63) is 35.5 Å². The molecule has 1 fully saturated rings. The normalized spacial score (nSPS) is 18.4. The third kappa shape index (κ3) is 2.86. The molecule has 3 rings (SSSR count). The van der Waals surface area contributed by atoms with Crippen LogP contribution in [0.4, 0.5) is 0 Å². The smallest absolute Gasteiger partial charge is 0.228 e. The summed E-state index contributed by atoms with van der Waals surface area (Å²) >= 11 is 1.52. The van der Waals surface area contributed by atoms with Crippen molar-refractivity contribution in [3.63, 3.8) is 0 Å². The summed E-state index contributed by atoms with van der Waals surface area (Å²) in [7, 11) is 0. The maximum Gasteiger partial charge on any atom is 0.228 e. The minimum atomic E-state index is 0.107. The van der Waals surface area contributed by atoms with Gasteiger partial charge in [0.1, 0.15) is 5.01 Å². The number of pyridine rings is 1. The van der Waals surface area contributed by atoms with E-state index in [4.69, 9.17) is 5.73 Å². The zero-order chi connectivity index (χ0) is 13.9. The Bertz CT molecular complexity index is 598. The van der Waals surface area contributed by atoms with Crippen LogP contribution in [0.5, 0.6) is 0 Å². The quantitative estimate of drug-likeness (QED) is 0.924. The number of carbonyl (C=O) groups is 1. The molecule has 0 bridgehead atoms. The molecule has 1 aliphatic heterocycles. The summed E-state index contributed by atoms with van der Waals surface area (Å²) in [6.45, 7) is 1.42. The van der Waals surface area contributed by atoms with Gasteiger partial charge in [0, 0.05) is 30.7 Å². The van der Waals surface area contributed by atoms with Crippen molar-refractivity contribution in [2.24, 2.45) is 5.73 Å². The van der Waals surface area contributed by atoms with E-state index < -0.39 is 0 Å². The maximum atomic E-state index is 12.1. The summed E-state index contributed by atoms with van der Waals surface area (Å²) in [6, 6.07) is 5.85. The zero-order valence-corrected chi connectivity index (χ0v) is 11.8. The summed E-state index contributed by atoms with van der Waals surface area (Å²) in [5.74, 6) is 0.107. The number of hydrogen-bond acceptors (Lipinski definition) is 5. The first-order valence-corrected chi connectivity index (χ1v) is 7.49. The molecule has 3 heterocycles. The van der Waals surface area contributed by atoms with Gasteiger partial charge in [-0.1, -0.05) is 6.07 Å². The minimum absolute atomic E-state index is 0.107. The third-order valence-electron chi connectivity index (χ3n) is 3.35. The lowest BCUT2D eigenvalue weighted by Crippen LogP contribution is -2.32.